The number of anilines is 1. The highest BCUT2D eigenvalue weighted by atomic mass is 16.5. The lowest BCUT2D eigenvalue weighted by molar-refractivity contribution is 0.185. The first-order chi connectivity index (χ1) is 8.17. The van der Waals surface area contributed by atoms with Gasteiger partial charge in [-0.3, -0.25) is 10.8 Å². The number of hydrogen-bond acceptors (Lipinski definition) is 5. The zero-order valence-electron chi connectivity index (χ0n) is 9.40. The molecule has 0 heterocycles. The SMILES string of the molecule is COCc1cccc(N/N=C(\C#N)C(=N)N)c1. The molecule has 0 aliphatic carbocycles. The third-order valence-electron chi connectivity index (χ3n) is 1.90. The first kappa shape index (κ1) is 12.7. The highest BCUT2D eigenvalue weighted by Crippen LogP contribution is 2.11. The van der Waals surface area contributed by atoms with Crippen LogP contribution in [0.15, 0.2) is 29.4 Å². The molecule has 0 atom stereocenters. The van der Waals surface area contributed by atoms with E-state index in [1.807, 2.05) is 18.2 Å². The first-order valence-electron chi connectivity index (χ1n) is 4.83. The van der Waals surface area contributed by atoms with Gasteiger partial charge < -0.3 is 10.5 Å². The van der Waals surface area contributed by atoms with Crippen molar-refractivity contribution in [1.29, 1.82) is 10.7 Å². The van der Waals surface area contributed by atoms with Gasteiger partial charge in [-0.05, 0) is 17.7 Å². The normalized spacial score (nSPS) is 10.7. The number of nitrogens with one attached hydrogen (secondary N) is 2. The standard InChI is InChI=1S/C11H13N5O/c1-17-7-8-3-2-4-9(5-8)15-16-10(6-12)11(13)14/h2-5,15H,7H2,1H3,(H3,13,14)/b16-10+. The average Bonchev–Trinajstić information content (AvgIpc) is 2.30. The number of rotatable bonds is 5. The van der Waals surface area contributed by atoms with Crippen LogP contribution in [0.1, 0.15) is 5.56 Å². The quantitative estimate of drug-likeness (QED) is 0.400. The third kappa shape index (κ3) is 3.93. The van der Waals surface area contributed by atoms with Crippen LogP contribution in [0.4, 0.5) is 5.69 Å². The Bertz CT molecular complexity index is 475. The van der Waals surface area contributed by atoms with E-state index < -0.39 is 0 Å². The van der Waals surface area contributed by atoms with Gasteiger partial charge >= 0.3 is 0 Å². The number of amidine groups is 1. The van der Waals surface area contributed by atoms with Crippen LogP contribution < -0.4 is 11.2 Å². The fourth-order valence-corrected chi connectivity index (χ4v) is 1.16. The van der Waals surface area contributed by atoms with Crippen LogP contribution in [0.3, 0.4) is 0 Å². The summed E-state index contributed by atoms with van der Waals surface area (Å²) in [5.41, 5.74) is 9.36. The maximum atomic E-state index is 8.65. The Morgan fingerprint density at radius 1 is 1.65 bits per heavy atom. The predicted octanol–water partition coefficient (Wildman–Crippen LogP) is 1.06. The molecule has 1 aromatic carbocycles. The number of methoxy groups -OCH3 is 1. The first-order valence-corrected chi connectivity index (χ1v) is 4.83. The van der Waals surface area contributed by atoms with E-state index in [4.69, 9.17) is 21.1 Å². The number of benzene rings is 1. The lowest BCUT2D eigenvalue weighted by Crippen LogP contribution is -2.21. The topological polar surface area (TPSA) is 107 Å². The van der Waals surface area contributed by atoms with Crippen LogP contribution in [-0.4, -0.2) is 18.7 Å². The van der Waals surface area contributed by atoms with Gasteiger partial charge in [0.05, 0.1) is 12.3 Å². The minimum atomic E-state index is -0.368. The monoisotopic (exact) mass is 231 g/mol. The summed E-state index contributed by atoms with van der Waals surface area (Å²) >= 11 is 0. The van der Waals surface area contributed by atoms with Crippen LogP contribution in [0.2, 0.25) is 0 Å². The summed E-state index contributed by atoms with van der Waals surface area (Å²) in [6, 6.07) is 9.10. The largest absolute Gasteiger partial charge is 0.382 e. The average molecular weight is 231 g/mol. The zero-order chi connectivity index (χ0) is 12.7. The molecule has 0 aliphatic heterocycles. The van der Waals surface area contributed by atoms with Crippen molar-refractivity contribution in [2.45, 2.75) is 6.61 Å². The second-order valence-electron chi connectivity index (χ2n) is 3.23. The molecule has 6 heteroatoms. The number of nitrogens with zero attached hydrogens (tertiary/aromatic N) is 2. The van der Waals surface area contributed by atoms with Crippen LogP contribution >= 0.6 is 0 Å². The van der Waals surface area contributed by atoms with Crippen molar-refractivity contribution in [1.82, 2.24) is 0 Å². The molecule has 0 aliphatic rings. The molecule has 0 saturated carbocycles. The minimum absolute atomic E-state index is 0.151. The van der Waals surface area contributed by atoms with Gasteiger partial charge in [0.25, 0.3) is 0 Å². The van der Waals surface area contributed by atoms with Crippen LogP contribution in [-0.2, 0) is 11.3 Å². The molecule has 6 nitrogen and oxygen atoms in total. The molecular weight excluding hydrogens is 218 g/mol. The molecule has 0 radical (unpaired) electrons. The second-order valence-corrected chi connectivity index (χ2v) is 3.23. The van der Waals surface area contributed by atoms with E-state index in [0.29, 0.717) is 12.3 Å². The van der Waals surface area contributed by atoms with E-state index in [0.717, 1.165) is 5.56 Å². The van der Waals surface area contributed by atoms with Gasteiger partial charge in [-0.15, -0.1) is 0 Å². The summed E-state index contributed by atoms with van der Waals surface area (Å²) in [4.78, 5) is 0. The molecule has 0 aromatic heterocycles. The summed E-state index contributed by atoms with van der Waals surface area (Å²) in [7, 11) is 1.61. The van der Waals surface area contributed by atoms with Crippen LogP contribution in [0, 0.1) is 16.7 Å². The molecule has 0 unspecified atom stereocenters. The zero-order valence-corrected chi connectivity index (χ0v) is 9.40. The highest BCUT2D eigenvalue weighted by Gasteiger charge is 2.01. The van der Waals surface area contributed by atoms with E-state index in [1.54, 1.807) is 19.2 Å². The summed E-state index contributed by atoms with van der Waals surface area (Å²) in [5, 5.41) is 19.5. The van der Waals surface area contributed by atoms with Crippen molar-refractivity contribution >= 4 is 17.2 Å². The Hall–Kier alpha value is -2.39. The van der Waals surface area contributed by atoms with Gasteiger partial charge in [0.2, 0.25) is 5.71 Å². The summed E-state index contributed by atoms with van der Waals surface area (Å²) in [6.45, 7) is 0.497. The van der Waals surface area contributed by atoms with Crippen molar-refractivity contribution in [3.63, 3.8) is 0 Å². The van der Waals surface area contributed by atoms with Gasteiger partial charge in [-0.1, -0.05) is 12.1 Å². The molecule has 1 rings (SSSR count). The maximum Gasteiger partial charge on any atom is 0.201 e. The Labute approximate surface area is 99.2 Å². The molecule has 0 bridgehead atoms. The van der Waals surface area contributed by atoms with Gasteiger partial charge in [0.1, 0.15) is 6.07 Å². The van der Waals surface area contributed by atoms with Crippen molar-refractivity contribution in [2.75, 3.05) is 12.5 Å². The molecule has 0 spiro atoms. The molecule has 88 valence electrons. The summed E-state index contributed by atoms with van der Waals surface area (Å²) in [6.07, 6.45) is 0. The molecule has 4 N–H and O–H groups in total. The Kier molecular flexibility index (Phi) is 4.66. The summed E-state index contributed by atoms with van der Waals surface area (Å²) < 4.78 is 5.00. The van der Waals surface area contributed by atoms with Crippen LogP contribution in [0.25, 0.3) is 0 Å². The van der Waals surface area contributed by atoms with E-state index >= 15 is 0 Å². The highest BCUT2D eigenvalue weighted by molar-refractivity contribution is 6.45. The molecule has 0 fully saturated rings. The van der Waals surface area contributed by atoms with Gasteiger partial charge in [-0.2, -0.15) is 10.4 Å². The molecule has 17 heavy (non-hydrogen) atoms. The van der Waals surface area contributed by atoms with E-state index in [2.05, 4.69) is 10.5 Å². The number of hydrogen-bond donors (Lipinski definition) is 3. The van der Waals surface area contributed by atoms with Crippen molar-refractivity contribution in [3.8, 4) is 6.07 Å². The van der Waals surface area contributed by atoms with Gasteiger partial charge in [-0.25, -0.2) is 0 Å². The van der Waals surface area contributed by atoms with E-state index in [9.17, 15) is 0 Å². The smallest absolute Gasteiger partial charge is 0.201 e. The Balaban J connectivity index is 2.79. The van der Waals surface area contributed by atoms with Crippen molar-refractivity contribution in [2.24, 2.45) is 10.8 Å². The predicted molar refractivity (Wildman–Crippen MR) is 65.7 cm³/mol. The number of nitrogens with two attached hydrogens (primary N) is 1. The van der Waals surface area contributed by atoms with Crippen molar-refractivity contribution < 1.29 is 4.74 Å². The van der Waals surface area contributed by atoms with Gasteiger partial charge in [0, 0.05) is 7.11 Å². The van der Waals surface area contributed by atoms with Crippen molar-refractivity contribution in [3.05, 3.63) is 29.8 Å². The molecule has 1 aromatic rings. The van der Waals surface area contributed by atoms with Crippen LogP contribution in [0.5, 0.6) is 0 Å². The van der Waals surface area contributed by atoms with E-state index in [-0.39, 0.29) is 11.5 Å². The Morgan fingerprint density at radius 2 is 2.41 bits per heavy atom. The van der Waals surface area contributed by atoms with Gasteiger partial charge in [0.15, 0.2) is 5.84 Å². The summed E-state index contributed by atoms with van der Waals surface area (Å²) in [5.74, 6) is -0.368. The lowest BCUT2D eigenvalue weighted by Gasteiger charge is -2.04. The molecule has 0 saturated heterocycles. The minimum Gasteiger partial charge on any atom is -0.382 e. The fourth-order valence-electron chi connectivity index (χ4n) is 1.16. The molecular formula is C11H13N5O. The fraction of sp³-hybridized carbons (Fsp3) is 0.182. The number of hydrazone groups is 1. The molecule has 0 amide bonds. The maximum absolute atomic E-state index is 8.65. The van der Waals surface area contributed by atoms with E-state index in [1.165, 1.54) is 0 Å². The number of nitriles is 1. The number of ether oxygens (including phenoxy) is 1. The lowest BCUT2D eigenvalue weighted by atomic mass is 10.2. The second kappa shape index (κ2) is 6.25. The Morgan fingerprint density at radius 3 is 3.00 bits per heavy atom. The third-order valence-corrected chi connectivity index (χ3v) is 1.90.